The minimum atomic E-state index is -3.71. The lowest BCUT2D eigenvalue weighted by Gasteiger charge is -2.19. The number of carbonyl (C=O) groups is 1. The zero-order chi connectivity index (χ0) is 19.8. The van der Waals surface area contributed by atoms with Gasteiger partial charge in [0.05, 0.1) is 4.90 Å². The second-order valence-electron chi connectivity index (χ2n) is 6.04. The summed E-state index contributed by atoms with van der Waals surface area (Å²) in [5.41, 5.74) is 0.510. The van der Waals surface area contributed by atoms with Crippen molar-refractivity contribution in [1.29, 1.82) is 0 Å². The third kappa shape index (κ3) is 4.95. The molecule has 3 rings (SSSR count). The molecule has 1 atom stereocenters. The number of rotatable bonds is 8. The molecular formula is C21H20N2O4S. The molecule has 0 aliphatic rings. The largest absolute Gasteiger partial charge is 0.484 e. The Morgan fingerprint density at radius 3 is 2.29 bits per heavy atom. The Morgan fingerprint density at radius 2 is 1.64 bits per heavy atom. The van der Waals surface area contributed by atoms with E-state index in [1.54, 1.807) is 72.9 Å². The summed E-state index contributed by atoms with van der Waals surface area (Å²) in [6, 6.07) is 20.5. The van der Waals surface area contributed by atoms with E-state index in [0.717, 1.165) is 0 Å². The maximum Gasteiger partial charge on any atom is 0.257 e. The number of sulfone groups is 1. The summed E-state index contributed by atoms with van der Waals surface area (Å²) in [6.07, 6.45) is 3.07. The van der Waals surface area contributed by atoms with Crippen molar-refractivity contribution in [3.8, 4) is 5.75 Å². The number of pyridine rings is 1. The topological polar surface area (TPSA) is 85.4 Å². The number of nitrogens with one attached hydrogen (secondary N) is 1. The fraction of sp³-hybridized carbons (Fsp3) is 0.143. The number of aromatic nitrogens is 1. The molecule has 1 aromatic heterocycles. The van der Waals surface area contributed by atoms with Gasteiger partial charge in [-0.3, -0.25) is 9.78 Å². The molecular weight excluding hydrogens is 376 g/mol. The highest BCUT2D eigenvalue weighted by Crippen LogP contribution is 2.27. The van der Waals surface area contributed by atoms with Gasteiger partial charge in [0, 0.05) is 18.9 Å². The molecule has 144 valence electrons. The summed E-state index contributed by atoms with van der Waals surface area (Å²) < 4.78 is 31.6. The van der Waals surface area contributed by atoms with Crippen molar-refractivity contribution in [1.82, 2.24) is 10.3 Å². The first-order valence-electron chi connectivity index (χ1n) is 8.71. The zero-order valence-corrected chi connectivity index (χ0v) is 15.9. The van der Waals surface area contributed by atoms with Crippen LogP contribution in [0, 0.1) is 0 Å². The van der Waals surface area contributed by atoms with Crippen LogP contribution >= 0.6 is 0 Å². The predicted molar refractivity (Wildman–Crippen MR) is 106 cm³/mol. The summed E-state index contributed by atoms with van der Waals surface area (Å²) in [5.74, 6) is 0.166. The summed E-state index contributed by atoms with van der Waals surface area (Å²) in [6.45, 7) is -0.283. The van der Waals surface area contributed by atoms with Crippen molar-refractivity contribution >= 4 is 15.7 Å². The molecule has 3 aromatic rings. The van der Waals surface area contributed by atoms with Crippen LogP contribution in [-0.4, -0.2) is 32.5 Å². The van der Waals surface area contributed by atoms with E-state index in [0.29, 0.717) is 11.3 Å². The predicted octanol–water partition coefficient (Wildman–Crippen LogP) is 2.79. The van der Waals surface area contributed by atoms with Gasteiger partial charge in [-0.1, -0.05) is 42.5 Å². The SMILES string of the molecule is O=C(COc1ccccc1)NC[C@H](c1cccnc1)S(=O)(=O)c1ccccc1. The Kier molecular flexibility index (Phi) is 6.39. The summed E-state index contributed by atoms with van der Waals surface area (Å²) in [4.78, 5) is 16.4. The van der Waals surface area contributed by atoms with Gasteiger partial charge in [0.1, 0.15) is 11.0 Å². The lowest BCUT2D eigenvalue weighted by molar-refractivity contribution is -0.123. The fourth-order valence-electron chi connectivity index (χ4n) is 2.67. The molecule has 28 heavy (non-hydrogen) atoms. The maximum absolute atomic E-state index is 13.1. The van der Waals surface area contributed by atoms with Crippen molar-refractivity contribution in [2.45, 2.75) is 10.1 Å². The van der Waals surface area contributed by atoms with E-state index in [2.05, 4.69) is 10.3 Å². The smallest absolute Gasteiger partial charge is 0.257 e. The molecule has 0 saturated carbocycles. The number of ether oxygens (including phenoxy) is 1. The van der Waals surface area contributed by atoms with Gasteiger partial charge >= 0.3 is 0 Å². The Balaban J connectivity index is 1.72. The average molecular weight is 396 g/mol. The van der Waals surface area contributed by atoms with Crippen molar-refractivity contribution in [2.75, 3.05) is 13.2 Å². The maximum atomic E-state index is 13.1. The van der Waals surface area contributed by atoms with Gasteiger partial charge in [0.2, 0.25) is 0 Å². The first-order chi connectivity index (χ1) is 13.6. The van der Waals surface area contributed by atoms with Crippen molar-refractivity contribution in [3.63, 3.8) is 0 Å². The molecule has 0 unspecified atom stereocenters. The molecule has 1 amide bonds. The van der Waals surface area contributed by atoms with E-state index in [1.165, 1.54) is 6.20 Å². The van der Waals surface area contributed by atoms with Crippen molar-refractivity contribution < 1.29 is 17.9 Å². The molecule has 6 nitrogen and oxygen atoms in total. The first kappa shape index (κ1) is 19.6. The summed E-state index contributed by atoms with van der Waals surface area (Å²) in [7, 11) is -3.71. The van der Waals surface area contributed by atoms with E-state index in [-0.39, 0.29) is 18.0 Å². The number of benzene rings is 2. The monoisotopic (exact) mass is 396 g/mol. The molecule has 0 radical (unpaired) electrons. The van der Waals surface area contributed by atoms with Crippen LogP contribution in [0.5, 0.6) is 5.75 Å². The molecule has 0 saturated heterocycles. The summed E-state index contributed by atoms with van der Waals surface area (Å²) in [5, 5.41) is 1.70. The van der Waals surface area contributed by atoms with Crippen LogP contribution in [0.3, 0.4) is 0 Å². The number of hydrogen-bond donors (Lipinski definition) is 1. The third-order valence-corrected chi connectivity index (χ3v) is 6.22. The molecule has 2 aromatic carbocycles. The van der Waals surface area contributed by atoms with E-state index in [1.807, 2.05) is 6.07 Å². The highest BCUT2D eigenvalue weighted by Gasteiger charge is 2.29. The Labute approximate surface area is 164 Å². The van der Waals surface area contributed by atoms with E-state index >= 15 is 0 Å². The van der Waals surface area contributed by atoms with Crippen LogP contribution in [0.15, 0.2) is 90.1 Å². The minimum absolute atomic E-state index is 0.0834. The first-order valence-corrected chi connectivity index (χ1v) is 10.3. The van der Waals surface area contributed by atoms with Gasteiger partial charge < -0.3 is 10.1 Å². The molecule has 7 heteroatoms. The highest BCUT2D eigenvalue weighted by atomic mass is 32.2. The van der Waals surface area contributed by atoms with Gasteiger partial charge in [0.15, 0.2) is 16.4 Å². The van der Waals surface area contributed by atoms with Crippen molar-refractivity contribution in [2.24, 2.45) is 0 Å². The molecule has 1 N–H and O–H groups in total. The lowest BCUT2D eigenvalue weighted by Crippen LogP contribution is -2.35. The second kappa shape index (κ2) is 9.14. The quantitative estimate of drug-likeness (QED) is 0.633. The van der Waals surface area contributed by atoms with Crippen LogP contribution in [0.1, 0.15) is 10.8 Å². The Hall–Kier alpha value is -3.19. The molecule has 0 aliphatic heterocycles. The molecule has 0 spiro atoms. The van der Waals surface area contributed by atoms with Gasteiger partial charge in [-0.15, -0.1) is 0 Å². The molecule has 0 fully saturated rings. The van der Waals surface area contributed by atoms with Crippen LogP contribution in [0.4, 0.5) is 0 Å². The standard InChI is InChI=1S/C21H20N2O4S/c24-21(16-27-18-9-3-1-4-10-18)23-15-20(17-8-7-13-22-14-17)28(25,26)19-11-5-2-6-12-19/h1-14,20H,15-16H2,(H,23,24)/t20-/m1/s1. The van der Waals surface area contributed by atoms with Gasteiger partial charge in [-0.25, -0.2) is 8.42 Å². The second-order valence-corrected chi connectivity index (χ2v) is 8.17. The fourth-order valence-corrected chi connectivity index (χ4v) is 4.34. The van der Waals surface area contributed by atoms with Gasteiger partial charge in [-0.2, -0.15) is 0 Å². The molecule has 0 aliphatic carbocycles. The zero-order valence-electron chi connectivity index (χ0n) is 15.1. The Morgan fingerprint density at radius 1 is 0.964 bits per heavy atom. The number of nitrogens with zero attached hydrogens (tertiary/aromatic N) is 1. The van der Waals surface area contributed by atoms with Crippen molar-refractivity contribution in [3.05, 3.63) is 90.8 Å². The number of hydrogen-bond acceptors (Lipinski definition) is 5. The molecule has 0 bridgehead atoms. The van der Waals surface area contributed by atoms with E-state index < -0.39 is 21.0 Å². The van der Waals surface area contributed by atoms with Gasteiger partial charge in [-0.05, 0) is 35.9 Å². The van der Waals surface area contributed by atoms with E-state index in [4.69, 9.17) is 4.74 Å². The average Bonchev–Trinajstić information content (AvgIpc) is 2.74. The van der Waals surface area contributed by atoms with Crippen LogP contribution in [0.2, 0.25) is 0 Å². The van der Waals surface area contributed by atoms with E-state index in [9.17, 15) is 13.2 Å². The Bertz CT molecular complexity index is 994. The number of amides is 1. The minimum Gasteiger partial charge on any atom is -0.484 e. The normalized spacial score (nSPS) is 12.1. The van der Waals surface area contributed by atoms with Gasteiger partial charge in [0.25, 0.3) is 5.91 Å². The highest BCUT2D eigenvalue weighted by molar-refractivity contribution is 7.91. The van der Waals surface area contributed by atoms with Crippen LogP contribution in [0.25, 0.3) is 0 Å². The number of carbonyl (C=O) groups excluding carboxylic acids is 1. The summed E-state index contributed by atoms with van der Waals surface area (Å²) >= 11 is 0. The number of para-hydroxylation sites is 1. The third-order valence-electron chi connectivity index (χ3n) is 4.10. The van der Waals surface area contributed by atoms with Crippen LogP contribution in [-0.2, 0) is 14.6 Å². The molecule has 1 heterocycles. The van der Waals surface area contributed by atoms with Crippen LogP contribution < -0.4 is 10.1 Å². The lowest BCUT2D eigenvalue weighted by atomic mass is 10.2.